The zero-order chi connectivity index (χ0) is 28.9. The van der Waals surface area contributed by atoms with Gasteiger partial charge in [0.2, 0.25) is 0 Å². The second-order valence-electron chi connectivity index (χ2n) is 9.70. The normalized spacial score (nSPS) is 24.6. The smallest absolute Gasteiger partial charge is 0.380 e. The fraction of sp³-hybridized carbons (Fsp3) is 0.370. The Balaban J connectivity index is 1.48. The minimum atomic E-state index is -4.02. The molecule has 3 N–H and O–H groups in total. The van der Waals surface area contributed by atoms with Crippen LogP contribution in [0.5, 0.6) is 5.75 Å². The Morgan fingerprint density at radius 1 is 1.18 bits per heavy atom. The lowest BCUT2D eigenvalue weighted by atomic mass is 9.96. The van der Waals surface area contributed by atoms with Crippen molar-refractivity contribution in [1.82, 2.24) is 9.55 Å². The third-order valence-corrected chi connectivity index (χ3v) is 8.74. The third-order valence-electron chi connectivity index (χ3n) is 6.41. The molecule has 2 aromatic carbocycles. The number of benzene rings is 2. The number of nitrogens with zero attached hydrogens (tertiary/aromatic N) is 1. The molecule has 2 heterocycles. The monoisotopic (exact) mass is 590 g/mol. The number of aromatic nitrogens is 2. The van der Waals surface area contributed by atoms with Gasteiger partial charge in [-0.2, -0.15) is 0 Å². The molecule has 0 bridgehead atoms. The zero-order valence-electron chi connectivity index (χ0n) is 21.9. The first-order chi connectivity index (χ1) is 19.0. The van der Waals surface area contributed by atoms with Crippen LogP contribution in [0.2, 0.25) is 0 Å². The molecule has 1 aromatic heterocycles. The van der Waals surface area contributed by atoms with Gasteiger partial charge in [-0.25, -0.2) is 4.57 Å². The SMILES string of the molecule is C[C@H](CP(=O)(OC[C@H]1O[C@@H](n2ccc(=O)[nH]c2=S)C(C)(O)[C@H]1O)Oc1ccccc1)C(=O)OCc1ccccc1. The van der Waals surface area contributed by atoms with Crippen LogP contribution in [-0.2, 0) is 30.0 Å². The van der Waals surface area contributed by atoms with Gasteiger partial charge in [0.05, 0.1) is 18.7 Å². The minimum absolute atomic E-state index is 0.0209. The predicted octanol–water partition coefficient (Wildman–Crippen LogP) is 3.58. The summed E-state index contributed by atoms with van der Waals surface area (Å²) in [5, 5.41) is 21.9. The third kappa shape index (κ3) is 7.14. The summed E-state index contributed by atoms with van der Waals surface area (Å²) in [4.78, 5) is 26.7. The molecule has 0 saturated carbocycles. The van der Waals surface area contributed by atoms with Crippen LogP contribution < -0.4 is 10.1 Å². The van der Waals surface area contributed by atoms with Gasteiger partial charge in [-0.15, -0.1) is 0 Å². The Labute approximate surface area is 235 Å². The van der Waals surface area contributed by atoms with Crippen LogP contribution in [0.4, 0.5) is 0 Å². The highest BCUT2D eigenvalue weighted by Crippen LogP contribution is 2.51. The Hall–Kier alpha value is -3.12. The summed E-state index contributed by atoms with van der Waals surface area (Å²) in [7, 11) is -4.02. The topological polar surface area (TPSA) is 149 Å². The second kappa shape index (κ2) is 12.6. The van der Waals surface area contributed by atoms with E-state index in [0.29, 0.717) is 0 Å². The van der Waals surface area contributed by atoms with Crippen LogP contribution in [0.25, 0.3) is 0 Å². The Morgan fingerprint density at radius 3 is 2.48 bits per heavy atom. The molecule has 1 fully saturated rings. The Bertz CT molecular complexity index is 1460. The molecule has 2 unspecified atom stereocenters. The van der Waals surface area contributed by atoms with Gasteiger partial charge >= 0.3 is 13.6 Å². The van der Waals surface area contributed by atoms with Crippen molar-refractivity contribution in [3.8, 4) is 5.75 Å². The quantitative estimate of drug-likeness (QED) is 0.172. The van der Waals surface area contributed by atoms with E-state index < -0.39 is 55.7 Å². The number of carbonyl (C=O) groups excluding carboxylic acids is 1. The summed E-state index contributed by atoms with van der Waals surface area (Å²) in [6, 6.07) is 18.7. The number of ether oxygens (including phenoxy) is 2. The number of aliphatic hydroxyl groups is 2. The summed E-state index contributed by atoms with van der Waals surface area (Å²) in [6.45, 7) is 2.51. The lowest BCUT2D eigenvalue weighted by Crippen LogP contribution is -2.44. The fourth-order valence-electron chi connectivity index (χ4n) is 4.22. The average molecular weight is 591 g/mol. The van der Waals surface area contributed by atoms with Crippen molar-refractivity contribution in [2.75, 3.05) is 12.8 Å². The molecule has 0 radical (unpaired) electrons. The maximum absolute atomic E-state index is 13.9. The van der Waals surface area contributed by atoms with Crippen molar-refractivity contribution in [1.29, 1.82) is 0 Å². The summed E-state index contributed by atoms with van der Waals surface area (Å²) < 4.78 is 37.9. The van der Waals surface area contributed by atoms with Crippen molar-refractivity contribution in [3.05, 3.63) is 93.6 Å². The number of H-pyrrole nitrogens is 1. The maximum Gasteiger partial charge on any atom is 0.380 e. The number of aromatic amines is 1. The molecular weight excluding hydrogens is 559 g/mol. The van der Waals surface area contributed by atoms with Crippen molar-refractivity contribution >= 4 is 25.8 Å². The van der Waals surface area contributed by atoms with Crippen LogP contribution in [0.3, 0.4) is 0 Å². The van der Waals surface area contributed by atoms with Crippen LogP contribution in [-0.4, -0.2) is 56.3 Å². The number of aliphatic hydroxyl groups excluding tert-OH is 1. The molecule has 1 saturated heterocycles. The van der Waals surface area contributed by atoms with Crippen LogP contribution in [0.1, 0.15) is 25.6 Å². The zero-order valence-corrected chi connectivity index (χ0v) is 23.6. The standard InChI is InChI=1S/C27H31N2O9PS/c1-18(24(32)35-15-19-9-5-3-6-10-19)17-39(34,38-20-11-7-4-8-12-20)36-16-21-23(31)27(2,33)25(37-21)29-14-13-22(30)28-26(29)40/h3-14,18,21,23,25,31,33H,15-17H2,1-2H3,(H,28,30,40)/t18-,21-,23+,25-,27?,39?/m1/s1. The van der Waals surface area contributed by atoms with Crippen LogP contribution in [0.15, 0.2) is 77.7 Å². The van der Waals surface area contributed by atoms with Gasteiger partial charge < -0.3 is 24.2 Å². The number of carbonyl (C=O) groups is 1. The van der Waals surface area contributed by atoms with Crippen molar-refractivity contribution in [2.24, 2.45) is 5.92 Å². The molecule has 0 amide bonds. The Kier molecular flexibility index (Phi) is 9.40. The van der Waals surface area contributed by atoms with Crippen LogP contribution in [0, 0.1) is 10.7 Å². The molecule has 1 aliphatic rings. The largest absolute Gasteiger partial charge is 0.461 e. The molecule has 13 heteroatoms. The summed E-state index contributed by atoms with van der Waals surface area (Å²) in [5.41, 5.74) is -1.47. The van der Waals surface area contributed by atoms with Crippen LogP contribution >= 0.6 is 19.8 Å². The number of hydrogen-bond donors (Lipinski definition) is 3. The van der Waals surface area contributed by atoms with E-state index in [9.17, 15) is 24.4 Å². The Morgan fingerprint density at radius 2 is 1.82 bits per heavy atom. The van der Waals surface area contributed by atoms with Gasteiger partial charge in [0.1, 0.15) is 30.2 Å². The first-order valence-electron chi connectivity index (χ1n) is 12.5. The van der Waals surface area contributed by atoms with Crippen molar-refractivity contribution in [2.45, 2.75) is 44.5 Å². The molecule has 4 rings (SSSR count). The lowest BCUT2D eigenvalue weighted by molar-refractivity contribution is -0.148. The highest BCUT2D eigenvalue weighted by molar-refractivity contribution is 7.71. The molecule has 3 aromatic rings. The summed E-state index contributed by atoms with van der Waals surface area (Å²) in [5.74, 6) is -1.19. The number of esters is 1. The van der Waals surface area contributed by atoms with E-state index in [4.69, 9.17) is 30.7 Å². The van der Waals surface area contributed by atoms with E-state index in [1.807, 2.05) is 30.3 Å². The minimum Gasteiger partial charge on any atom is -0.461 e. The van der Waals surface area contributed by atoms with Gasteiger partial charge in [0.15, 0.2) is 11.0 Å². The highest BCUT2D eigenvalue weighted by Gasteiger charge is 2.53. The highest BCUT2D eigenvalue weighted by atomic mass is 32.1. The van der Waals surface area contributed by atoms with E-state index in [1.165, 1.54) is 23.8 Å². The first kappa shape index (κ1) is 29.9. The number of nitrogens with one attached hydrogen (secondary N) is 1. The van der Waals surface area contributed by atoms with Gasteiger partial charge in [-0.05, 0) is 36.8 Å². The van der Waals surface area contributed by atoms with Crippen molar-refractivity contribution in [3.63, 3.8) is 0 Å². The molecule has 214 valence electrons. The number of para-hydroxylation sites is 1. The predicted molar refractivity (Wildman–Crippen MR) is 147 cm³/mol. The molecule has 0 aliphatic carbocycles. The fourth-order valence-corrected chi connectivity index (χ4v) is 6.34. The molecule has 0 spiro atoms. The lowest BCUT2D eigenvalue weighted by Gasteiger charge is -2.28. The van der Waals surface area contributed by atoms with Gasteiger partial charge in [0.25, 0.3) is 5.56 Å². The first-order valence-corrected chi connectivity index (χ1v) is 14.7. The van der Waals surface area contributed by atoms with E-state index in [0.717, 1.165) is 5.56 Å². The van der Waals surface area contributed by atoms with Gasteiger partial charge in [-0.1, -0.05) is 55.5 Å². The molecular formula is C27H31N2O9PS. The molecule has 11 nitrogen and oxygen atoms in total. The summed E-state index contributed by atoms with van der Waals surface area (Å²) in [6.07, 6.45) is -2.79. The number of hydrogen-bond acceptors (Lipinski definition) is 10. The van der Waals surface area contributed by atoms with Crippen molar-refractivity contribution < 1.29 is 38.1 Å². The van der Waals surface area contributed by atoms with E-state index in [2.05, 4.69) is 4.98 Å². The van der Waals surface area contributed by atoms with Gasteiger partial charge in [-0.3, -0.25) is 23.7 Å². The molecule has 6 atom stereocenters. The molecule has 1 aliphatic heterocycles. The molecule has 40 heavy (non-hydrogen) atoms. The van der Waals surface area contributed by atoms with Gasteiger partial charge in [0, 0.05) is 12.3 Å². The second-order valence-corrected chi connectivity index (χ2v) is 12.1. The summed E-state index contributed by atoms with van der Waals surface area (Å²) >= 11 is 5.17. The van der Waals surface area contributed by atoms with E-state index >= 15 is 0 Å². The number of rotatable bonds is 11. The van der Waals surface area contributed by atoms with E-state index in [-0.39, 0.29) is 23.3 Å². The maximum atomic E-state index is 13.9. The average Bonchev–Trinajstić information content (AvgIpc) is 3.15. The van der Waals surface area contributed by atoms with E-state index in [1.54, 1.807) is 37.3 Å².